The first-order valence-electron chi connectivity index (χ1n) is 10.8. The molecule has 0 aliphatic carbocycles. The largest absolute Gasteiger partial charge is 0.494 e. The molecule has 2 aromatic carbocycles. The lowest BCUT2D eigenvalue weighted by atomic mass is 10.1. The Hall–Kier alpha value is -4.45. The third kappa shape index (κ3) is 4.98. The van der Waals surface area contributed by atoms with E-state index in [1.807, 2.05) is 36.6 Å². The van der Waals surface area contributed by atoms with Gasteiger partial charge in [0.2, 0.25) is 5.13 Å². The minimum absolute atomic E-state index is 0.145. The van der Waals surface area contributed by atoms with Crippen LogP contribution < -0.4 is 19.5 Å². The van der Waals surface area contributed by atoms with Crippen molar-refractivity contribution in [3.63, 3.8) is 0 Å². The van der Waals surface area contributed by atoms with Crippen LogP contribution in [0.2, 0.25) is 0 Å². The SMILES string of the molecule is CCOc1ccc(-c2csc(-n3nc(C)cc3NC(=O)c3cc(OC)c(OC)cc3[N+](=O)[O-])n2)cc1. The lowest BCUT2D eigenvalue weighted by Crippen LogP contribution is -2.17. The maximum atomic E-state index is 13.1. The Labute approximate surface area is 210 Å². The van der Waals surface area contributed by atoms with E-state index in [1.54, 1.807) is 13.0 Å². The van der Waals surface area contributed by atoms with Crippen LogP contribution in [0.25, 0.3) is 16.4 Å². The number of thiazole rings is 1. The molecule has 0 aliphatic rings. The van der Waals surface area contributed by atoms with Gasteiger partial charge in [0.05, 0.1) is 43.2 Å². The van der Waals surface area contributed by atoms with Crippen molar-refractivity contribution in [1.82, 2.24) is 14.8 Å². The number of nitro groups is 1. The van der Waals surface area contributed by atoms with Crippen molar-refractivity contribution in [1.29, 1.82) is 0 Å². The predicted octanol–water partition coefficient (Wildman–Crippen LogP) is 4.88. The van der Waals surface area contributed by atoms with Crippen LogP contribution in [0.1, 0.15) is 23.0 Å². The summed E-state index contributed by atoms with van der Waals surface area (Å²) in [6, 6.07) is 11.7. The number of carbonyl (C=O) groups excluding carboxylic acids is 1. The number of methoxy groups -OCH3 is 2. The zero-order valence-electron chi connectivity index (χ0n) is 20.0. The predicted molar refractivity (Wildman–Crippen MR) is 135 cm³/mol. The normalized spacial score (nSPS) is 10.7. The second-order valence-electron chi connectivity index (χ2n) is 7.49. The Morgan fingerprint density at radius 2 is 1.83 bits per heavy atom. The molecule has 0 saturated carbocycles. The van der Waals surface area contributed by atoms with Gasteiger partial charge in [0.1, 0.15) is 17.1 Å². The highest BCUT2D eigenvalue weighted by Crippen LogP contribution is 2.35. The topological polar surface area (TPSA) is 131 Å². The molecule has 186 valence electrons. The quantitative estimate of drug-likeness (QED) is 0.249. The molecule has 12 heteroatoms. The lowest BCUT2D eigenvalue weighted by Gasteiger charge is -2.11. The lowest BCUT2D eigenvalue weighted by molar-refractivity contribution is -0.385. The molecule has 1 amide bonds. The van der Waals surface area contributed by atoms with Gasteiger partial charge in [0.15, 0.2) is 11.5 Å². The Balaban J connectivity index is 1.64. The summed E-state index contributed by atoms with van der Waals surface area (Å²) in [5.74, 6) is 0.721. The van der Waals surface area contributed by atoms with E-state index in [-0.39, 0.29) is 17.1 Å². The summed E-state index contributed by atoms with van der Waals surface area (Å²) < 4.78 is 17.3. The van der Waals surface area contributed by atoms with Crippen LogP contribution in [0.5, 0.6) is 17.2 Å². The minimum atomic E-state index is -0.702. The first-order chi connectivity index (χ1) is 17.3. The summed E-state index contributed by atoms with van der Waals surface area (Å²) in [6.45, 7) is 4.28. The zero-order chi connectivity index (χ0) is 25.8. The highest BCUT2D eigenvalue weighted by Gasteiger charge is 2.26. The summed E-state index contributed by atoms with van der Waals surface area (Å²) in [4.78, 5) is 28.8. The van der Waals surface area contributed by atoms with E-state index < -0.39 is 16.5 Å². The van der Waals surface area contributed by atoms with Gasteiger partial charge in [-0.3, -0.25) is 14.9 Å². The highest BCUT2D eigenvalue weighted by atomic mass is 32.1. The number of hydrogen-bond donors (Lipinski definition) is 1. The van der Waals surface area contributed by atoms with Gasteiger partial charge in [-0.25, -0.2) is 4.98 Å². The minimum Gasteiger partial charge on any atom is -0.494 e. The molecule has 4 aromatic rings. The number of carbonyl (C=O) groups is 1. The molecule has 0 radical (unpaired) electrons. The number of nitrogens with one attached hydrogen (secondary N) is 1. The summed E-state index contributed by atoms with van der Waals surface area (Å²) in [5.41, 5.74) is 1.66. The third-order valence-electron chi connectivity index (χ3n) is 5.15. The van der Waals surface area contributed by atoms with Gasteiger partial charge in [0, 0.05) is 23.1 Å². The van der Waals surface area contributed by atoms with Gasteiger partial charge in [-0.1, -0.05) is 0 Å². The molecule has 1 N–H and O–H groups in total. The molecule has 2 aromatic heterocycles. The van der Waals surface area contributed by atoms with Crippen LogP contribution >= 0.6 is 11.3 Å². The number of aromatic nitrogens is 3. The first-order valence-corrected chi connectivity index (χ1v) is 11.7. The molecule has 0 atom stereocenters. The van der Waals surface area contributed by atoms with E-state index in [9.17, 15) is 14.9 Å². The molecule has 4 rings (SSSR count). The molecular weight excluding hydrogens is 486 g/mol. The molecule has 0 bridgehead atoms. The fraction of sp³-hybridized carbons (Fsp3) is 0.208. The van der Waals surface area contributed by atoms with Crippen molar-refractivity contribution in [2.24, 2.45) is 0 Å². The highest BCUT2D eigenvalue weighted by molar-refractivity contribution is 7.12. The van der Waals surface area contributed by atoms with E-state index >= 15 is 0 Å². The molecule has 0 fully saturated rings. The summed E-state index contributed by atoms with van der Waals surface area (Å²) in [6.07, 6.45) is 0. The Morgan fingerprint density at radius 3 is 2.47 bits per heavy atom. The van der Waals surface area contributed by atoms with Crippen LogP contribution in [0.4, 0.5) is 11.5 Å². The molecular formula is C24H23N5O6S. The smallest absolute Gasteiger partial charge is 0.286 e. The third-order valence-corrected chi connectivity index (χ3v) is 5.97. The second-order valence-corrected chi connectivity index (χ2v) is 8.33. The van der Waals surface area contributed by atoms with E-state index in [0.29, 0.717) is 23.3 Å². The van der Waals surface area contributed by atoms with Crippen molar-refractivity contribution in [2.45, 2.75) is 13.8 Å². The molecule has 0 saturated heterocycles. The number of amides is 1. The summed E-state index contributed by atoms with van der Waals surface area (Å²) in [7, 11) is 2.74. The van der Waals surface area contributed by atoms with E-state index in [4.69, 9.17) is 14.2 Å². The molecule has 0 aliphatic heterocycles. The van der Waals surface area contributed by atoms with Crippen molar-refractivity contribution in [3.05, 3.63) is 69.2 Å². The van der Waals surface area contributed by atoms with Gasteiger partial charge in [-0.15, -0.1) is 11.3 Å². The van der Waals surface area contributed by atoms with Gasteiger partial charge < -0.3 is 19.5 Å². The monoisotopic (exact) mass is 509 g/mol. The van der Waals surface area contributed by atoms with Crippen molar-refractivity contribution >= 4 is 28.7 Å². The summed E-state index contributed by atoms with van der Waals surface area (Å²) >= 11 is 1.34. The molecule has 11 nitrogen and oxygen atoms in total. The number of hydrogen-bond acceptors (Lipinski definition) is 9. The molecule has 0 unspecified atom stereocenters. The van der Waals surface area contributed by atoms with Crippen molar-refractivity contribution in [2.75, 3.05) is 26.1 Å². The molecule has 2 heterocycles. The van der Waals surface area contributed by atoms with Gasteiger partial charge >= 0.3 is 0 Å². The number of benzene rings is 2. The maximum absolute atomic E-state index is 13.1. The van der Waals surface area contributed by atoms with E-state index in [0.717, 1.165) is 23.1 Å². The van der Waals surface area contributed by atoms with E-state index in [2.05, 4.69) is 15.4 Å². The number of rotatable bonds is 9. The Morgan fingerprint density at radius 1 is 1.14 bits per heavy atom. The number of anilines is 1. The van der Waals surface area contributed by atoms with E-state index in [1.165, 1.54) is 36.3 Å². The van der Waals surface area contributed by atoms with Gasteiger partial charge in [-0.05, 0) is 38.1 Å². The molecule has 36 heavy (non-hydrogen) atoms. The number of aryl methyl sites for hydroxylation is 1. The van der Waals surface area contributed by atoms with Crippen LogP contribution in [0.15, 0.2) is 47.8 Å². The fourth-order valence-electron chi connectivity index (χ4n) is 3.50. The maximum Gasteiger partial charge on any atom is 0.286 e. The van der Waals surface area contributed by atoms with Gasteiger partial charge in [-0.2, -0.15) is 9.78 Å². The zero-order valence-corrected chi connectivity index (χ0v) is 20.8. The van der Waals surface area contributed by atoms with Crippen LogP contribution in [-0.2, 0) is 0 Å². The van der Waals surface area contributed by atoms with Crippen LogP contribution in [-0.4, -0.2) is 46.4 Å². The number of nitro benzene ring substituents is 1. The van der Waals surface area contributed by atoms with Crippen molar-refractivity contribution < 1.29 is 23.9 Å². The summed E-state index contributed by atoms with van der Waals surface area (Å²) in [5, 5.41) is 21.2. The van der Waals surface area contributed by atoms with Crippen LogP contribution in [0.3, 0.4) is 0 Å². The average Bonchev–Trinajstić information content (AvgIpc) is 3.50. The van der Waals surface area contributed by atoms with Crippen molar-refractivity contribution in [3.8, 4) is 33.6 Å². The standard InChI is InChI=1S/C24H23N5O6S/c1-5-35-16-8-6-15(7-9-16)18-13-36-24(25-18)28-22(10-14(2)27-28)26-23(30)17-11-20(33-3)21(34-4)12-19(17)29(31)32/h6-13H,5H2,1-4H3,(H,26,30). The Bertz CT molecular complexity index is 1410. The molecule has 0 spiro atoms. The number of ether oxygens (including phenoxy) is 3. The first kappa shape index (κ1) is 24.7. The number of nitrogens with zero attached hydrogens (tertiary/aromatic N) is 4. The fourth-order valence-corrected chi connectivity index (χ4v) is 4.30. The second kappa shape index (κ2) is 10.4. The van der Waals surface area contributed by atoms with Crippen LogP contribution in [0, 0.1) is 17.0 Å². The Kier molecular flexibility index (Phi) is 7.15. The average molecular weight is 510 g/mol. The van der Waals surface area contributed by atoms with Gasteiger partial charge in [0.25, 0.3) is 11.6 Å².